The Morgan fingerprint density at radius 2 is 1.72 bits per heavy atom. The zero-order valence-corrected chi connectivity index (χ0v) is 15.2. The molecule has 0 aliphatic rings. The molecule has 0 bridgehead atoms. The van der Waals surface area contributed by atoms with Crippen LogP contribution in [0.4, 0.5) is 16.2 Å². The largest absolute Gasteiger partial charge is 0.444 e. The maximum absolute atomic E-state index is 11.8. The van der Waals surface area contributed by atoms with Crippen LogP contribution in [0.1, 0.15) is 37.5 Å². The molecule has 25 heavy (non-hydrogen) atoms. The molecular formula is C20H26N2O3. The second-order valence-electron chi connectivity index (χ2n) is 6.98. The summed E-state index contributed by atoms with van der Waals surface area (Å²) in [6, 6.07) is 13.5. The summed E-state index contributed by atoms with van der Waals surface area (Å²) in [4.78, 5) is 11.8. The Labute approximate surface area is 149 Å². The normalized spacial score (nSPS) is 11.1. The molecule has 134 valence electrons. The van der Waals surface area contributed by atoms with Crippen molar-refractivity contribution in [2.24, 2.45) is 0 Å². The average Bonchev–Trinajstić information content (AvgIpc) is 2.52. The van der Waals surface area contributed by atoms with Gasteiger partial charge in [-0.3, -0.25) is 5.32 Å². The molecule has 0 unspecified atom stereocenters. The molecule has 0 saturated carbocycles. The standard InChI is InChI=1S/C20H26N2O3/c1-14-11-17(22-19(24)25-20(2,3)4)9-10-18(14)21-12-15-5-7-16(13-23)8-6-15/h5-11,21,23H,12-13H2,1-4H3,(H,22,24). The Hall–Kier alpha value is -2.53. The second kappa shape index (κ2) is 8.03. The number of amides is 1. The van der Waals surface area contributed by atoms with Crippen LogP contribution in [0.15, 0.2) is 42.5 Å². The maximum Gasteiger partial charge on any atom is 0.412 e. The van der Waals surface area contributed by atoms with Gasteiger partial charge in [-0.2, -0.15) is 0 Å². The number of ether oxygens (including phenoxy) is 1. The molecule has 0 fully saturated rings. The van der Waals surface area contributed by atoms with Gasteiger partial charge in [0.05, 0.1) is 6.61 Å². The Morgan fingerprint density at radius 1 is 1.08 bits per heavy atom. The molecular weight excluding hydrogens is 316 g/mol. The number of carbonyl (C=O) groups is 1. The SMILES string of the molecule is Cc1cc(NC(=O)OC(C)(C)C)ccc1NCc1ccc(CO)cc1. The third kappa shape index (κ3) is 6.12. The van der Waals surface area contributed by atoms with E-state index < -0.39 is 11.7 Å². The summed E-state index contributed by atoms with van der Waals surface area (Å²) in [5.41, 5.74) is 4.24. The van der Waals surface area contributed by atoms with Crippen LogP contribution < -0.4 is 10.6 Å². The first kappa shape index (κ1) is 18.8. The number of nitrogens with one attached hydrogen (secondary N) is 2. The summed E-state index contributed by atoms with van der Waals surface area (Å²) < 4.78 is 5.25. The van der Waals surface area contributed by atoms with Crippen LogP contribution in [0.3, 0.4) is 0 Å². The first-order valence-corrected chi connectivity index (χ1v) is 8.30. The van der Waals surface area contributed by atoms with E-state index in [0.29, 0.717) is 12.2 Å². The predicted molar refractivity (Wildman–Crippen MR) is 101 cm³/mol. The fraction of sp³-hybridized carbons (Fsp3) is 0.350. The van der Waals surface area contributed by atoms with E-state index >= 15 is 0 Å². The predicted octanol–water partition coefficient (Wildman–Crippen LogP) is 4.45. The van der Waals surface area contributed by atoms with E-state index in [0.717, 1.165) is 22.4 Å². The molecule has 5 heteroatoms. The van der Waals surface area contributed by atoms with Gasteiger partial charge in [0.1, 0.15) is 5.60 Å². The van der Waals surface area contributed by atoms with E-state index in [4.69, 9.17) is 9.84 Å². The summed E-state index contributed by atoms with van der Waals surface area (Å²) >= 11 is 0. The van der Waals surface area contributed by atoms with Crippen molar-refractivity contribution in [1.29, 1.82) is 0 Å². The molecule has 1 amide bonds. The molecule has 2 aromatic carbocycles. The fourth-order valence-corrected chi connectivity index (χ4v) is 2.32. The highest BCUT2D eigenvalue weighted by Gasteiger charge is 2.16. The molecule has 0 radical (unpaired) electrons. The van der Waals surface area contributed by atoms with Gasteiger partial charge in [0.15, 0.2) is 0 Å². The molecule has 0 saturated heterocycles. The van der Waals surface area contributed by atoms with Gasteiger partial charge in [-0.25, -0.2) is 4.79 Å². The highest BCUT2D eigenvalue weighted by molar-refractivity contribution is 5.85. The van der Waals surface area contributed by atoms with E-state index in [-0.39, 0.29) is 6.61 Å². The van der Waals surface area contributed by atoms with E-state index in [1.54, 1.807) is 0 Å². The zero-order valence-electron chi connectivity index (χ0n) is 15.2. The number of benzene rings is 2. The molecule has 0 heterocycles. The summed E-state index contributed by atoms with van der Waals surface area (Å²) in [5, 5.41) is 15.2. The van der Waals surface area contributed by atoms with Crippen LogP contribution in [0.5, 0.6) is 0 Å². The number of rotatable bonds is 5. The van der Waals surface area contributed by atoms with Gasteiger partial charge >= 0.3 is 6.09 Å². The Balaban J connectivity index is 1.95. The molecule has 5 nitrogen and oxygen atoms in total. The molecule has 3 N–H and O–H groups in total. The molecule has 0 atom stereocenters. The average molecular weight is 342 g/mol. The smallest absolute Gasteiger partial charge is 0.412 e. The summed E-state index contributed by atoms with van der Waals surface area (Å²) in [5.74, 6) is 0. The van der Waals surface area contributed by atoms with Crippen molar-refractivity contribution < 1.29 is 14.6 Å². The Bertz CT molecular complexity index is 719. The minimum atomic E-state index is -0.522. The van der Waals surface area contributed by atoms with Crippen LogP contribution in [-0.2, 0) is 17.9 Å². The first-order valence-electron chi connectivity index (χ1n) is 8.30. The van der Waals surface area contributed by atoms with Crippen molar-refractivity contribution in [2.75, 3.05) is 10.6 Å². The van der Waals surface area contributed by atoms with Gasteiger partial charge < -0.3 is 15.2 Å². The minimum Gasteiger partial charge on any atom is -0.444 e. The second-order valence-corrected chi connectivity index (χ2v) is 6.98. The van der Waals surface area contributed by atoms with Gasteiger partial charge in [0, 0.05) is 17.9 Å². The molecule has 0 aliphatic carbocycles. The van der Waals surface area contributed by atoms with Crippen molar-refractivity contribution in [3.05, 3.63) is 59.2 Å². The number of hydrogen-bond acceptors (Lipinski definition) is 4. The lowest BCUT2D eigenvalue weighted by Crippen LogP contribution is -2.27. The van der Waals surface area contributed by atoms with Crippen molar-refractivity contribution in [2.45, 2.75) is 46.4 Å². The molecule has 0 spiro atoms. The lowest BCUT2D eigenvalue weighted by Gasteiger charge is -2.20. The Kier molecular flexibility index (Phi) is 6.04. The summed E-state index contributed by atoms with van der Waals surface area (Å²) in [7, 11) is 0. The van der Waals surface area contributed by atoms with Crippen LogP contribution >= 0.6 is 0 Å². The third-order valence-corrected chi connectivity index (χ3v) is 3.56. The lowest BCUT2D eigenvalue weighted by atomic mass is 10.1. The van der Waals surface area contributed by atoms with E-state index in [2.05, 4.69) is 10.6 Å². The van der Waals surface area contributed by atoms with E-state index in [1.807, 2.05) is 70.2 Å². The lowest BCUT2D eigenvalue weighted by molar-refractivity contribution is 0.0636. The van der Waals surface area contributed by atoms with Gasteiger partial charge in [-0.05, 0) is 62.6 Å². The highest BCUT2D eigenvalue weighted by atomic mass is 16.6. The van der Waals surface area contributed by atoms with Crippen LogP contribution in [0.25, 0.3) is 0 Å². The van der Waals surface area contributed by atoms with Gasteiger partial charge in [0.2, 0.25) is 0 Å². The number of aryl methyl sites for hydroxylation is 1. The number of aliphatic hydroxyl groups excluding tert-OH is 1. The van der Waals surface area contributed by atoms with Gasteiger partial charge in [-0.1, -0.05) is 24.3 Å². The minimum absolute atomic E-state index is 0.0545. The fourth-order valence-electron chi connectivity index (χ4n) is 2.32. The van der Waals surface area contributed by atoms with Gasteiger partial charge in [-0.15, -0.1) is 0 Å². The highest BCUT2D eigenvalue weighted by Crippen LogP contribution is 2.21. The number of carbonyl (C=O) groups excluding carboxylic acids is 1. The Morgan fingerprint density at radius 3 is 2.28 bits per heavy atom. The van der Waals surface area contributed by atoms with E-state index in [1.165, 1.54) is 0 Å². The molecule has 2 aromatic rings. The molecule has 2 rings (SSSR count). The number of hydrogen-bond donors (Lipinski definition) is 3. The van der Waals surface area contributed by atoms with Gasteiger partial charge in [0.25, 0.3) is 0 Å². The third-order valence-electron chi connectivity index (χ3n) is 3.56. The van der Waals surface area contributed by atoms with Crippen LogP contribution in [0, 0.1) is 6.92 Å². The number of aliphatic hydroxyl groups is 1. The maximum atomic E-state index is 11.8. The quantitative estimate of drug-likeness (QED) is 0.751. The van der Waals surface area contributed by atoms with Crippen molar-refractivity contribution in [3.8, 4) is 0 Å². The summed E-state index contributed by atoms with van der Waals surface area (Å²) in [6.07, 6.45) is -0.461. The first-order chi connectivity index (χ1) is 11.8. The molecule has 0 aliphatic heterocycles. The topological polar surface area (TPSA) is 70.6 Å². The van der Waals surface area contributed by atoms with Crippen LogP contribution in [-0.4, -0.2) is 16.8 Å². The van der Waals surface area contributed by atoms with Crippen molar-refractivity contribution in [3.63, 3.8) is 0 Å². The number of anilines is 2. The van der Waals surface area contributed by atoms with Crippen molar-refractivity contribution in [1.82, 2.24) is 0 Å². The zero-order chi connectivity index (χ0) is 18.4. The van der Waals surface area contributed by atoms with Crippen molar-refractivity contribution >= 4 is 17.5 Å². The summed E-state index contributed by atoms with van der Waals surface area (Å²) in [6.45, 7) is 8.22. The molecule has 0 aromatic heterocycles. The van der Waals surface area contributed by atoms with E-state index in [9.17, 15) is 4.79 Å². The monoisotopic (exact) mass is 342 g/mol. The van der Waals surface area contributed by atoms with Crippen LogP contribution in [0.2, 0.25) is 0 Å².